The molecule has 1 N–H and O–H groups in total. The molecule has 0 atom stereocenters. The molecule has 0 aliphatic heterocycles. The monoisotopic (exact) mass is 330 g/mol. The van der Waals surface area contributed by atoms with Crippen molar-refractivity contribution in [3.05, 3.63) is 26.9 Å². The van der Waals surface area contributed by atoms with E-state index in [1.165, 1.54) is 12.3 Å². The van der Waals surface area contributed by atoms with Crippen molar-refractivity contribution in [2.45, 2.75) is 20.3 Å². The SMILES string of the molecule is CCN(CC)CCCNc1ncc([N+](=O)[O-])cc1Br. The lowest BCUT2D eigenvalue weighted by molar-refractivity contribution is -0.385. The van der Waals surface area contributed by atoms with Crippen molar-refractivity contribution in [3.63, 3.8) is 0 Å². The fourth-order valence-electron chi connectivity index (χ4n) is 1.71. The van der Waals surface area contributed by atoms with E-state index in [2.05, 4.69) is 45.0 Å². The van der Waals surface area contributed by atoms with Gasteiger partial charge in [0.1, 0.15) is 12.0 Å². The Bertz CT molecular complexity index is 424. The number of pyridine rings is 1. The maximum absolute atomic E-state index is 10.6. The van der Waals surface area contributed by atoms with Crippen LogP contribution in [0.15, 0.2) is 16.7 Å². The molecule has 6 nitrogen and oxygen atoms in total. The van der Waals surface area contributed by atoms with E-state index in [-0.39, 0.29) is 5.69 Å². The third-order valence-corrected chi connectivity index (χ3v) is 3.48. The molecule has 1 aromatic rings. The molecule has 0 fully saturated rings. The lowest BCUT2D eigenvalue weighted by atomic mass is 10.3. The molecule has 0 spiro atoms. The Morgan fingerprint density at radius 1 is 1.47 bits per heavy atom. The molecular weight excluding hydrogens is 312 g/mol. The van der Waals surface area contributed by atoms with Crippen molar-refractivity contribution in [3.8, 4) is 0 Å². The zero-order valence-corrected chi connectivity index (χ0v) is 12.8. The van der Waals surface area contributed by atoms with Crippen LogP contribution in [0.4, 0.5) is 11.5 Å². The second kappa shape index (κ2) is 8.06. The Hall–Kier alpha value is -1.21. The van der Waals surface area contributed by atoms with Crippen LogP contribution in [0.1, 0.15) is 20.3 Å². The Morgan fingerprint density at radius 2 is 2.16 bits per heavy atom. The van der Waals surface area contributed by atoms with Crippen LogP contribution in [-0.4, -0.2) is 41.0 Å². The highest BCUT2D eigenvalue weighted by molar-refractivity contribution is 9.10. The summed E-state index contributed by atoms with van der Waals surface area (Å²) < 4.78 is 0.615. The van der Waals surface area contributed by atoms with E-state index in [0.29, 0.717) is 10.3 Å². The van der Waals surface area contributed by atoms with Crippen molar-refractivity contribution >= 4 is 27.4 Å². The second-order valence-corrected chi connectivity index (χ2v) is 4.94. The fourth-order valence-corrected chi connectivity index (χ4v) is 2.18. The van der Waals surface area contributed by atoms with Gasteiger partial charge in [-0.2, -0.15) is 0 Å². The summed E-state index contributed by atoms with van der Waals surface area (Å²) in [5.74, 6) is 0.644. The number of aromatic nitrogens is 1. The Morgan fingerprint density at radius 3 is 2.68 bits per heavy atom. The van der Waals surface area contributed by atoms with Crippen LogP contribution in [0.3, 0.4) is 0 Å². The quantitative estimate of drug-likeness (QED) is 0.450. The van der Waals surface area contributed by atoms with Crippen molar-refractivity contribution in [2.75, 3.05) is 31.5 Å². The molecule has 106 valence electrons. The van der Waals surface area contributed by atoms with Crippen LogP contribution >= 0.6 is 15.9 Å². The van der Waals surface area contributed by atoms with Gasteiger partial charge in [0.2, 0.25) is 0 Å². The average Bonchev–Trinajstić information content (AvgIpc) is 2.40. The number of anilines is 1. The minimum Gasteiger partial charge on any atom is -0.369 e. The second-order valence-electron chi connectivity index (χ2n) is 4.09. The van der Waals surface area contributed by atoms with Gasteiger partial charge in [0.15, 0.2) is 0 Å². The normalized spacial score (nSPS) is 10.7. The molecule has 1 aromatic heterocycles. The van der Waals surface area contributed by atoms with E-state index in [4.69, 9.17) is 0 Å². The third-order valence-electron chi connectivity index (χ3n) is 2.88. The van der Waals surface area contributed by atoms with Gasteiger partial charge in [-0.05, 0) is 42.0 Å². The summed E-state index contributed by atoms with van der Waals surface area (Å²) in [5.41, 5.74) is -0.0134. The maximum Gasteiger partial charge on any atom is 0.288 e. The van der Waals surface area contributed by atoms with Gasteiger partial charge in [0.25, 0.3) is 5.69 Å². The maximum atomic E-state index is 10.6. The van der Waals surface area contributed by atoms with Crippen molar-refractivity contribution in [1.29, 1.82) is 0 Å². The van der Waals surface area contributed by atoms with Crippen LogP contribution in [0.2, 0.25) is 0 Å². The highest BCUT2D eigenvalue weighted by atomic mass is 79.9. The predicted octanol–water partition coefficient (Wildman–Crippen LogP) is 2.90. The van der Waals surface area contributed by atoms with Crippen LogP contribution in [-0.2, 0) is 0 Å². The van der Waals surface area contributed by atoms with E-state index >= 15 is 0 Å². The first kappa shape index (κ1) is 15.8. The molecule has 1 heterocycles. The zero-order chi connectivity index (χ0) is 14.3. The first-order chi connectivity index (χ1) is 9.08. The van der Waals surface area contributed by atoms with Crippen LogP contribution in [0, 0.1) is 10.1 Å². The van der Waals surface area contributed by atoms with Crippen molar-refractivity contribution in [2.24, 2.45) is 0 Å². The van der Waals surface area contributed by atoms with Crippen LogP contribution < -0.4 is 5.32 Å². The number of rotatable bonds is 8. The summed E-state index contributed by atoms with van der Waals surface area (Å²) in [5, 5.41) is 13.8. The minimum atomic E-state index is -0.456. The van der Waals surface area contributed by atoms with Gasteiger partial charge >= 0.3 is 0 Å². The van der Waals surface area contributed by atoms with Crippen LogP contribution in [0.5, 0.6) is 0 Å². The van der Waals surface area contributed by atoms with E-state index in [1.807, 2.05) is 0 Å². The standard InChI is InChI=1S/C12H19BrN4O2/c1-3-16(4-2)7-5-6-14-12-11(13)8-10(9-15-12)17(18)19/h8-9H,3-7H2,1-2H3,(H,14,15). The third kappa shape index (κ3) is 5.12. The molecule has 0 aliphatic rings. The average molecular weight is 331 g/mol. The number of nitro groups is 1. The number of nitrogens with zero attached hydrogens (tertiary/aromatic N) is 3. The molecule has 0 aliphatic carbocycles. The molecule has 19 heavy (non-hydrogen) atoms. The van der Waals surface area contributed by atoms with Gasteiger partial charge < -0.3 is 10.2 Å². The van der Waals surface area contributed by atoms with Crippen molar-refractivity contribution < 1.29 is 4.92 Å². The summed E-state index contributed by atoms with van der Waals surface area (Å²) in [7, 11) is 0. The number of nitrogens with one attached hydrogen (secondary N) is 1. The number of hydrogen-bond donors (Lipinski definition) is 1. The largest absolute Gasteiger partial charge is 0.369 e. The highest BCUT2D eigenvalue weighted by Crippen LogP contribution is 2.24. The molecular formula is C12H19BrN4O2. The predicted molar refractivity (Wildman–Crippen MR) is 79.5 cm³/mol. The first-order valence-corrected chi connectivity index (χ1v) is 7.14. The van der Waals surface area contributed by atoms with Gasteiger partial charge in [-0.3, -0.25) is 10.1 Å². The Labute approximate surface area is 121 Å². The first-order valence-electron chi connectivity index (χ1n) is 6.34. The molecule has 0 bridgehead atoms. The molecule has 0 unspecified atom stereocenters. The number of halogens is 1. The van der Waals surface area contributed by atoms with Gasteiger partial charge in [-0.25, -0.2) is 4.98 Å². The Kier molecular flexibility index (Phi) is 6.72. The minimum absolute atomic E-state index is 0.0134. The molecule has 0 saturated carbocycles. The van der Waals surface area contributed by atoms with E-state index in [9.17, 15) is 10.1 Å². The van der Waals surface area contributed by atoms with Gasteiger partial charge in [0.05, 0.1) is 9.40 Å². The van der Waals surface area contributed by atoms with Crippen LogP contribution in [0.25, 0.3) is 0 Å². The molecule has 0 radical (unpaired) electrons. The summed E-state index contributed by atoms with van der Waals surface area (Å²) in [6.07, 6.45) is 2.27. The fraction of sp³-hybridized carbons (Fsp3) is 0.583. The lowest BCUT2D eigenvalue weighted by Gasteiger charge is -2.17. The van der Waals surface area contributed by atoms with Gasteiger partial charge in [0, 0.05) is 12.6 Å². The van der Waals surface area contributed by atoms with Crippen molar-refractivity contribution in [1.82, 2.24) is 9.88 Å². The molecule has 0 amide bonds. The Balaban J connectivity index is 2.43. The molecule has 0 aromatic carbocycles. The summed E-state index contributed by atoms with van der Waals surface area (Å²) in [6.45, 7) is 8.22. The van der Waals surface area contributed by atoms with Gasteiger partial charge in [-0.1, -0.05) is 13.8 Å². The molecule has 0 saturated heterocycles. The van der Waals surface area contributed by atoms with Gasteiger partial charge in [-0.15, -0.1) is 0 Å². The summed E-state index contributed by atoms with van der Waals surface area (Å²) in [6, 6.07) is 1.46. The summed E-state index contributed by atoms with van der Waals surface area (Å²) >= 11 is 3.28. The lowest BCUT2D eigenvalue weighted by Crippen LogP contribution is -2.25. The highest BCUT2D eigenvalue weighted by Gasteiger charge is 2.10. The smallest absolute Gasteiger partial charge is 0.288 e. The molecule has 7 heteroatoms. The zero-order valence-electron chi connectivity index (χ0n) is 11.2. The summed E-state index contributed by atoms with van der Waals surface area (Å²) in [4.78, 5) is 16.5. The molecule has 1 rings (SSSR count). The van der Waals surface area contributed by atoms with E-state index in [0.717, 1.165) is 32.6 Å². The van der Waals surface area contributed by atoms with E-state index in [1.54, 1.807) is 0 Å². The van der Waals surface area contributed by atoms with E-state index < -0.39 is 4.92 Å². The topological polar surface area (TPSA) is 71.3 Å². The number of hydrogen-bond acceptors (Lipinski definition) is 5.